The molecule has 0 saturated heterocycles. The molecule has 0 bridgehead atoms. The molecule has 0 aromatic carbocycles. The normalized spacial score (nSPS) is 11.6. The summed E-state index contributed by atoms with van der Waals surface area (Å²) in [6.45, 7) is 0.901. The van der Waals surface area contributed by atoms with Gasteiger partial charge in [0.15, 0.2) is 0 Å². The summed E-state index contributed by atoms with van der Waals surface area (Å²) in [5.74, 6) is 0. The van der Waals surface area contributed by atoms with Crippen LogP contribution < -0.4 is 0 Å². The zero-order valence-electron chi connectivity index (χ0n) is 7.94. The number of pyridine rings is 1. The van der Waals surface area contributed by atoms with Crippen molar-refractivity contribution in [2.24, 2.45) is 0 Å². The summed E-state index contributed by atoms with van der Waals surface area (Å²) in [6, 6.07) is 1.78. The third kappa shape index (κ3) is 2.27. The summed E-state index contributed by atoms with van der Waals surface area (Å²) < 4.78 is 62.0. The number of nitrogens with zero attached hydrogens (tertiary/aromatic N) is 2. The van der Waals surface area contributed by atoms with Gasteiger partial charge < -0.3 is 0 Å². The maximum absolute atomic E-state index is 12.4. The van der Waals surface area contributed by atoms with E-state index in [1.54, 1.807) is 0 Å². The molecule has 0 radical (unpaired) electrons. The van der Waals surface area contributed by atoms with Crippen molar-refractivity contribution in [3.05, 3.63) is 28.6 Å². The Morgan fingerprint density at radius 1 is 1.38 bits per heavy atom. The molecule has 0 spiro atoms. The minimum absolute atomic E-state index is 0.460. The van der Waals surface area contributed by atoms with E-state index in [1.807, 2.05) is 0 Å². The molecule has 2 nitrogen and oxygen atoms in total. The van der Waals surface area contributed by atoms with Gasteiger partial charge in [-0.3, -0.25) is 0 Å². The largest absolute Gasteiger partial charge is 0.416 e. The van der Waals surface area contributed by atoms with E-state index in [0.717, 1.165) is 6.92 Å². The fraction of sp³-hybridized carbons (Fsp3) is 0.333. The lowest BCUT2D eigenvalue weighted by atomic mass is 10.1. The second kappa shape index (κ2) is 4.04. The first-order chi connectivity index (χ1) is 7.27. The van der Waals surface area contributed by atoms with Crippen LogP contribution in [0.4, 0.5) is 22.0 Å². The van der Waals surface area contributed by atoms with Crippen molar-refractivity contribution >= 4 is 0 Å². The Bertz CT molecular complexity index is 444. The lowest BCUT2D eigenvalue weighted by molar-refractivity contribution is -0.138. The summed E-state index contributed by atoms with van der Waals surface area (Å²) in [4.78, 5) is 3.15. The number of aromatic nitrogens is 1. The first kappa shape index (κ1) is 12.4. The van der Waals surface area contributed by atoms with Gasteiger partial charge in [0, 0.05) is 0 Å². The fourth-order valence-corrected chi connectivity index (χ4v) is 1.19. The predicted molar refractivity (Wildman–Crippen MR) is 43.6 cm³/mol. The average molecular weight is 236 g/mol. The van der Waals surface area contributed by atoms with E-state index in [0.29, 0.717) is 6.07 Å². The SMILES string of the molecule is Cc1c(C(F)(F)F)cc(C#N)nc1C(F)F. The quantitative estimate of drug-likeness (QED) is 0.702. The van der Waals surface area contributed by atoms with Gasteiger partial charge in [0.25, 0.3) is 6.43 Å². The molecular weight excluding hydrogens is 231 g/mol. The van der Waals surface area contributed by atoms with Gasteiger partial charge in [-0.15, -0.1) is 0 Å². The Labute approximate surface area is 87.3 Å². The van der Waals surface area contributed by atoms with Crippen molar-refractivity contribution in [2.75, 3.05) is 0 Å². The topological polar surface area (TPSA) is 36.7 Å². The molecule has 0 unspecified atom stereocenters. The predicted octanol–water partition coefficient (Wildman–Crippen LogP) is 3.22. The molecule has 0 saturated carbocycles. The molecular formula is C9H5F5N2. The second-order valence-corrected chi connectivity index (χ2v) is 2.98. The molecule has 0 atom stereocenters. The van der Waals surface area contributed by atoms with E-state index in [9.17, 15) is 22.0 Å². The molecule has 0 aliphatic heterocycles. The summed E-state index contributed by atoms with van der Waals surface area (Å²) >= 11 is 0. The average Bonchev–Trinajstić information content (AvgIpc) is 2.15. The smallest absolute Gasteiger partial charge is 0.236 e. The molecule has 7 heteroatoms. The van der Waals surface area contributed by atoms with Crippen LogP contribution in [0.1, 0.15) is 28.9 Å². The fourth-order valence-electron chi connectivity index (χ4n) is 1.19. The molecule has 0 amide bonds. The van der Waals surface area contributed by atoms with Gasteiger partial charge >= 0.3 is 6.18 Å². The van der Waals surface area contributed by atoms with Gasteiger partial charge in [-0.05, 0) is 18.6 Å². The van der Waals surface area contributed by atoms with E-state index in [2.05, 4.69) is 4.98 Å². The molecule has 0 aliphatic carbocycles. The first-order valence-electron chi connectivity index (χ1n) is 4.04. The number of alkyl halides is 5. The van der Waals surface area contributed by atoms with Crippen molar-refractivity contribution in [1.29, 1.82) is 5.26 Å². The summed E-state index contributed by atoms with van der Waals surface area (Å²) in [5.41, 5.74) is -3.59. The van der Waals surface area contributed by atoms with Crippen molar-refractivity contribution in [2.45, 2.75) is 19.5 Å². The van der Waals surface area contributed by atoms with Gasteiger partial charge in [0.2, 0.25) is 0 Å². The van der Waals surface area contributed by atoms with E-state index >= 15 is 0 Å². The maximum Gasteiger partial charge on any atom is 0.416 e. The Balaban J connectivity index is 3.52. The molecule has 0 fully saturated rings. The summed E-state index contributed by atoms with van der Waals surface area (Å²) in [5, 5.41) is 8.40. The molecule has 1 rings (SSSR count). The maximum atomic E-state index is 12.4. The van der Waals surface area contributed by atoms with Crippen LogP contribution in [0.2, 0.25) is 0 Å². The number of halogens is 5. The number of nitriles is 1. The van der Waals surface area contributed by atoms with Gasteiger partial charge in [0.1, 0.15) is 17.5 Å². The summed E-state index contributed by atoms with van der Waals surface area (Å²) in [6.07, 6.45) is -7.92. The molecule has 1 heterocycles. The number of hydrogen-bond donors (Lipinski definition) is 0. The molecule has 1 aromatic heterocycles. The first-order valence-corrected chi connectivity index (χ1v) is 4.04. The van der Waals surface area contributed by atoms with E-state index in [4.69, 9.17) is 5.26 Å². The van der Waals surface area contributed by atoms with E-state index in [-0.39, 0.29) is 0 Å². The molecule has 0 N–H and O–H groups in total. The van der Waals surface area contributed by atoms with Crippen LogP contribution in [0, 0.1) is 18.3 Å². The van der Waals surface area contributed by atoms with E-state index in [1.165, 1.54) is 6.07 Å². The molecule has 1 aromatic rings. The number of hydrogen-bond acceptors (Lipinski definition) is 2. The van der Waals surface area contributed by atoms with Gasteiger partial charge in [0.05, 0.1) is 5.56 Å². The highest BCUT2D eigenvalue weighted by atomic mass is 19.4. The van der Waals surface area contributed by atoms with Crippen molar-refractivity contribution < 1.29 is 22.0 Å². The van der Waals surface area contributed by atoms with Gasteiger partial charge in [-0.25, -0.2) is 13.8 Å². The highest BCUT2D eigenvalue weighted by Gasteiger charge is 2.35. The third-order valence-electron chi connectivity index (χ3n) is 1.94. The van der Waals surface area contributed by atoms with Crippen molar-refractivity contribution in [3.8, 4) is 6.07 Å². The second-order valence-electron chi connectivity index (χ2n) is 2.98. The lowest BCUT2D eigenvalue weighted by Crippen LogP contribution is -2.12. The Morgan fingerprint density at radius 2 is 1.94 bits per heavy atom. The van der Waals surface area contributed by atoms with Crippen LogP contribution in [0.25, 0.3) is 0 Å². The van der Waals surface area contributed by atoms with Crippen LogP contribution in [0.5, 0.6) is 0 Å². The highest BCUT2D eigenvalue weighted by molar-refractivity contribution is 5.38. The zero-order valence-corrected chi connectivity index (χ0v) is 7.94. The van der Waals surface area contributed by atoms with Crippen molar-refractivity contribution in [3.63, 3.8) is 0 Å². The Kier molecular flexibility index (Phi) is 3.12. The minimum atomic E-state index is -4.78. The van der Waals surface area contributed by atoms with E-state index < -0.39 is 35.1 Å². The molecule has 0 aliphatic rings. The monoisotopic (exact) mass is 236 g/mol. The Morgan fingerprint density at radius 3 is 2.31 bits per heavy atom. The van der Waals surface area contributed by atoms with Crippen molar-refractivity contribution in [1.82, 2.24) is 4.98 Å². The zero-order chi connectivity index (χ0) is 12.5. The number of rotatable bonds is 1. The van der Waals surface area contributed by atoms with Crippen LogP contribution in [-0.2, 0) is 6.18 Å². The highest BCUT2D eigenvalue weighted by Crippen LogP contribution is 2.35. The minimum Gasteiger partial charge on any atom is -0.236 e. The molecule has 16 heavy (non-hydrogen) atoms. The van der Waals surface area contributed by atoms with Crippen LogP contribution in [-0.4, -0.2) is 4.98 Å². The lowest BCUT2D eigenvalue weighted by Gasteiger charge is -2.13. The molecule has 86 valence electrons. The van der Waals surface area contributed by atoms with Crippen LogP contribution in [0.15, 0.2) is 6.07 Å². The third-order valence-corrected chi connectivity index (χ3v) is 1.94. The van der Waals surface area contributed by atoms with Crippen LogP contribution >= 0.6 is 0 Å². The Hall–Kier alpha value is -1.71. The summed E-state index contributed by atoms with van der Waals surface area (Å²) in [7, 11) is 0. The van der Waals surface area contributed by atoms with Crippen LogP contribution in [0.3, 0.4) is 0 Å². The van der Waals surface area contributed by atoms with Gasteiger partial charge in [-0.1, -0.05) is 0 Å². The standard InChI is InChI=1S/C9H5F5N2/c1-4-6(9(12,13)14)2-5(3-15)16-7(4)8(10)11/h2,8H,1H3. The van der Waals surface area contributed by atoms with Gasteiger partial charge in [-0.2, -0.15) is 18.4 Å².